The molecule has 4 aromatic rings. The van der Waals surface area contributed by atoms with E-state index in [-0.39, 0.29) is 28.3 Å². The summed E-state index contributed by atoms with van der Waals surface area (Å²) in [4.78, 5) is 9.28. The molecule has 0 atom stereocenters. The Balaban J connectivity index is 1.93. The molecule has 0 unspecified atom stereocenters. The molecule has 0 spiro atoms. The number of nitrogens with zero attached hydrogens (tertiary/aromatic N) is 3. The van der Waals surface area contributed by atoms with Gasteiger partial charge in [0.05, 0.1) is 22.5 Å². The number of benzene rings is 2. The Morgan fingerprint density at radius 2 is 1.70 bits per heavy atom. The van der Waals surface area contributed by atoms with Gasteiger partial charge in [0, 0.05) is 23.3 Å². The van der Waals surface area contributed by atoms with Crippen LogP contribution in [0.4, 0.5) is 22.0 Å². The molecule has 5 nitrogen and oxygen atoms in total. The fourth-order valence-electron chi connectivity index (χ4n) is 3.17. The summed E-state index contributed by atoms with van der Waals surface area (Å²) in [6.07, 6.45) is -4.47. The monoisotopic (exact) mass is 420 g/mol. The largest absolute Gasteiger partial charge is 0.416 e. The van der Waals surface area contributed by atoms with E-state index in [0.717, 1.165) is 24.3 Å². The third-order valence-electron chi connectivity index (χ3n) is 4.56. The Labute approximate surface area is 166 Å². The van der Waals surface area contributed by atoms with Crippen LogP contribution >= 0.6 is 0 Å². The molecule has 0 saturated heterocycles. The summed E-state index contributed by atoms with van der Waals surface area (Å²) in [6, 6.07) is 8.84. The first-order chi connectivity index (χ1) is 14.2. The minimum absolute atomic E-state index is 0.0340. The standard InChI is InChI=1S/C20H13F5N4O/c1-10-18(14-7-6-13(21)8-15(14)22)19-27-16(9-17(30-26)29(19)28-10)11-2-4-12(5-3-11)20(23,24)25/h2-9H,26H2,1H3. The first-order valence-electron chi connectivity index (χ1n) is 8.59. The van der Waals surface area contributed by atoms with Crippen molar-refractivity contribution < 1.29 is 26.8 Å². The maximum absolute atomic E-state index is 14.4. The quantitative estimate of drug-likeness (QED) is 0.377. The van der Waals surface area contributed by atoms with Gasteiger partial charge in [-0.15, -0.1) is 0 Å². The second kappa shape index (κ2) is 7.06. The molecule has 0 radical (unpaired) electrons. The Hall–Kier alpha value is -3.53. The van der Waals surface area contributed by atoms with Crippen LogP contribution in [-0.2, 0) is 6.18 Å². The van der Waals surface area contributed by atoms with Gasteiger partial charge in [-0.05, 0) is 31.2 Å². The number of aromatic nitrogens is 3. The zero-order chi connectivity index (χ0) is 21.6. The van der Waals surface area contributed by atoms with Crippen LogP contribution in [0.5, 0.6) is 5.88 Å². The van der Waals surface area contributed by atoms with Crippen LogP contribution in [0.15, 0.2) is 48.5 Å². The van der Waals surface area contributed by atoms with Gasteiger partial charge in [0.1, 0.15) is 11.6 Å². The normalized spacial score (nSPS) is 11.8. The van der Waals surface area contributed by atoms with Crippen LogP contribution in [0.2, 0.25) is 0 Å². The minimum atomic E-state index is -4.47. The van der Waals surface area contributed by atoms with Gasteiger partial charge in [0.25, 0.3) is 0 Å². The number of rotatable bonds is 3. The van der Waals surface area contributed by atoms with Gasteiger partial charge in [-0.3, -0.25) is 0 Å². The second-order valence-corrected chi connectivity index (χ2v) is 6.49. The van der Waals surface area contributed by atoms with Crippen molar-refractivity contribution in [2.45, 2.75) is 13.1 Å². The zero-order valence-electron chi connectivity index (χ0n) is 15.3. The summed E-state index contributed by atoms with van der Waals surface area (Å²) >= 11 is 0. The smallest absolute Gasteiger partial charge is 0.391 e. The molecule has 10 heteroatoms. The van der Waals surface area contributed by atoms with E-state index in [0.29, 0.717) is 11.3 Å². The molecule has 4 rings (SSSR count). The van der Waals surface area contributed by atoms with Crippen LogP contribution in [0.1, 0.15) is 11.3 Å². The summed E-state index contributed by atoms with van der Waals surface area (Å²) in [5.41, 5.74) is 0.639. The summed E-state index contributed by atoms with van der Waals surface area (Å²) < 4.78 is 67.5. The molecular weight excluding hydrogens is 407 g/mol. The van der Waals surface area contributed by atoms with Crippen molar-refractivity contribution >= 4 is 5.65 Å². The highest BCUT2D eigenvalue weighted by atomic mass is 19.4. The van der Waals surface area contributed by atoms with Crippen molar-refractivity contribution in [2.75, 3.05) is 0 Å². The van der Waals surface area contributed by atoms with Gasteiger partial charge in [0.15, 0.2) is 5.65 Å². The molecule has 2 aromatic carbocycles. The second-order valence-electron chi connectivity index (χ2n) is 6.49. The highest BCUT2D eigenvalue weighted by Gasteiger charge is 2.30. The lowest BCUT2D eigenvalue weighted by atomic mass is 10.0. The number of fused-ring (bicyclic) bond motifs is 1. The number of alkyl halides is 3. The average molecular weight is 420 g/mol. The molecule has 0 amide bonds. The number of hydrogen-bond donors (Lipinski definition) is 1. The van der Waals surface area contributed by atoms with Crippen molar-refractivity contribution in [3.8, 4) is 28.3 Å². The van der Waals surface area contributed by atoms with Crippen LogP contribution in [0.3, 0.4) is 0 Å². The van der Waals surface area contributed by atoms with E-state index in [9.17, 15) is 22.0 Å². The molecule has 0 bridgehead atoms. The van der Waals surface area contributed by atoms with E-state index in [2.05, 4.69) is 10.1 Å². The topological polar surface area (TPSA) is 65.4 Å². The predicted octanol–water partition coefficient (Wildman–Crippen LogP) is 4.92. The molecule has 30 heavy (non-hydrogen) atoms. The molecule has 0 saturated carbocycles. The number of hydrogen-bond acceptors (Lipinski definition) is 4. The minimum Gasteiger partial charge on any atom is -0.391 e. The Bertz CT molecular complexity index is 1250. The van der Waals surface area contributed by atoms with Gasteiger partial charge in [-0.2, -0.15) is 28.7 Å². The Morgan fingerprint density at radius 3 is 2.30 bits per heavy atom. The van der Waals surface area contributed by atoms with E-state index in [1.165, 1.54) is 28.8 Å². The summed E-state index contributed by atoms with van der Waals surface area (Å²) in [5, 5.41) is 4.24. The molecule has 0 aliphatic heterocycles. The fourth-order valence-corrected chi connectivity index (χ4v) is 3.17. The SMILES string of the molecule is Cc1nn2c(ON)cc(-c3ccc(C(F)(F)F)cc3)nc2c1-c1ccc(F)cc1F. The van der Waals surface area contributed by atoms with Gasteiger partial charge in [-0.1, -0.05) is 12.1 Å². The third-order valence-corrected chi connectivity index (χ3v) is 4.56. The van der Waals surface area contributed by atoms with E-state index in [4.69, 9.17) is 10.7 Å². The summed E-state index contributed by atoms with van der Waals surface area (Å²) in [6.45, 7) is 1.60. The van der Waals surface area contributed by atoms with Crippen molar-refractivity contribution in [3.05, 3.63) is 71.4 Å². The van der Waals surface area contributed by atoms with E-state index in [1.807, 2.05) is 0 Å². The molecule has 0 aliphatic carbocycles. The maximum atomic E-state index is 14.4. The van der Waals surface area contributed by atoms with Crippen LogP contribution < -0.4 is 10.7 Å². The van der Waals surface area contributed by atoms with Crippen molar-refractivity contribution in [1.82, 2.24) is 14.6 Å². The molecule has 2 aromatic heterocycles. The maximum Gasteiger partial charge on any atom is 0.416 e. The third kappa shape index (κ3) is 3.35. The summed E-state index contributed by atoms with van der Waals surface area (Å²) in [7, 11) is 0. The predicted molar refractivity (Wildman–Crippen MR) is 98.3 cm³/mol. The lowest BCUT2D eigenvalue weighted by molar-refractivity contribution is -0.137. The van der Waals surface area contributed by atoms with Crippen molar-refractivity contribution in [3.63, 3.8) is 0 Å². The van der Waals surface area contributed by atoms with Gasteiger partial charge < -0.3 is 4.84 Å². The Kier molecular flexibility index (Phi) is 4.65. The van der Waals surface area contributed by atoms with Gasteiger partial charge in [-0.25, -0.2) is 13.8 Å². The highest BCUT2D eigenvalue weighted by molar-refractivity contribution is 5.82. The first-order valence-corrected chi connectivity index (χ1v) is 8.59. The highest BCUT2D eigenvalue weighted by Crippen LogP contribution is 2.35. The number of nitrogens with two attached hydrogens (primary N) is 1. The van der Waals surface area contributed by atoms with E-state index < -0.39 is 23.4 Å². The summed E-state index contributed by atoms with van der Waals surface area (Å²) in [5.74, 6) is 3.81. The van der Waals surface area contributed by atoms with E-state index >= 15 is 0 Å². The first kappa shape index (κ1) is 19.8. The van der Waals surface area contributed by atoms with Crippen molar-refractivity contribution in [1.29, 1.82) is 0 Å². The fraction of sp³-hybridized carbons (Fsp3) is 0.100. The van der Waals surface area contributed by atoms with Gasteiger partial charge >= 0.3 is 6.18 Å². The lowest BCUT2D eigenvalue weighted by Crippen LogP contribution is -2.08. The Morgan fingerprint density at radius 1 is 1.00 bits per heavy atom. The van der Waals surface area contributed by atoms with Crippen LogP contribution in [-0.4, -0.2) is 14.6 Å². The molecule has 0 aliphatic rings. The number of halogens is 5. The zero-order valence-corrected chi connectivity index (χ0v) is 15.3. The van der Waals surface area contributed by atoms with Gasteiger partial charge in [0.2, 0.25) is 5.88 Å². The van der Waals surface area contributed by atoms with Crippen molar-refractivity contribution in [2.24, 2.45) is 5.90 Å². The van der Waals surface area contributed by atoms with Crippen LogP contribution in [0.25, 0.3) is 28.0 Å². The molecule has 2 heterocycles. The lowest BCUT2D eigenvalue weighted by Gasteiger charge is -2.10. The molecule has 2 N–H and O–H groups in total. The number of aryl methyl sites for hydroxylation is 1. The average Bonchev–Trinajstić information content (AvgIpc) is 3.02. The molecular formula is C20H13F5N4O. The van der Waals surface area contributed by atoms with Crippen LogP contribution in [0, 0.1) is 18.6 Å². The molecule has 0 fully saturated rings. The van der Waals surface area contributed by atoms with E-state index in [1.54, 1.807) is 6.92 Å². The molecule has 154 valence electrons.